The van der Waals surface area contributed by atoms with E-state index in [9.17, 15) is 33.9 Å². The molecule has 11 rings (SSSR count). The summed E-state index contributed by atoms with van der Waals surface area (Å²) in [5, 5.41) is 16.3. The molecule has 17 heteroatoms. The first-order chi connectivity index (χ1) is 32.6. The summed E-state index contributed by atoms with van der Waals surface area (Å²) in [6, 6.07) is 14.0. The van der Waals surface area contributed by atoms with Crippen LogP contribution >= 0.6 is 0 Å². The number of fused-ring (bicyclic) bond motifs is 4. The van der Waals surface area contributed by atoms with Crippen molar-refractivity contribution in [2.24, 2.45) is 17.9 Å². The Labute approximate surface area is 392 Å². The number of anilines is 5. The Kier molecular flexibility index (Phi) is 10.2. The zero-order valence-corrected chi connectivity index (χ0v) is 38.7. The number of aryl methyl sites for hydroxylation is 1. The number of hydrogen-bond donors (Lipinski definition) is 3. The summed E-state index contributed by atoms with van der Waals surface area (Å²) >= 11 is 0. The first-order valence-electron chi connectivity index (χ1n) is 23.5. The Balaban J connectivity index is 0.756. The highest BCUT2D eigenvalue weighted by Gasteiger charge is 2.47. The molecule has 5 aliphatic heterocycles. The number of amides is 5. The van der Waals surface area contributed by atoms with E-state index in [-0.39, 0.29) is 58.9 Å². The number of rotatable bonds is 8. The molecule has 5 aromatic rings. The van der Waals surface area contributed by atoms with Gasteiger partial charge in [0.1, 0.15) is 29.1 Å². The van der Waals surface area contributed by atoms with Gasteiger partial charge < -0.3 is 29.4 Å². The van der Waals surface area contributed by atoms with Crippen molar-refractivity contribution in [3.63, 3.8) is 0 Å². The molecule has 3 saturated heterocycles. The Morgan fingerprint density at radius 2 is 1.65 bits per heavy atom. The quantitative estimate of drug-likeness (QED) is 0.178. The smallest absolute Gasteiger partial charge is 0.276 e. The Morgan fingerprint density at radius 3 is 2.41 bits per heavy atom. The van der Waals surface area contributed by atoms with Crippen LogP contribution in [0.3, 0.4) is 0 Å². The number of nitrogens with zero attached hydrogens (tertiary/aromatic N) is 8. The fourth-order valence-electron chi connectivity index (χ4n) is 12.0. The minimum Gasteiger partial charge on any atom is -0.392 e. The van der Waals surface area contributed by atoms with E-state index in [1.165, 1.54) is 15.8 Å². The fourth-order valence-corrected chi connectivity index (χ4v) is 12.0. The number of pyridine rings is 3. The van der Waals surface area contributed by atoms with Crippen LogP contribution in [0.15, 0.2) is 71.9 Å². The fraction of sp³-hybridized carbons (Fsp3) is 0.412. The van der Waals surface area contributed by atoms with Gasteiger partial charge in [-0.1, -0.05) is 13.8 Å². The standard InChI is InChI=1S/C51H54N10O7/c1-29-22-51(12-15-57(28-51)32-5-7-35-36(21-32)47(66)61(46(35)65)39-8-10-43(63)55-45(39)64)13-16-58(29)33-6-9-42(53-25-33)54-38-19-31(26-56(4)48(38)67)34-11-14-52-44(37(34)27-62)60-18-17-59-40(49(60)68)20-30-23-50(2,3)24-41(30)59/h5-7,9,11,14,19-21,25-26,29,39,62H,8,10,12-13,15-18,22-24,27-28H2,1-4H3,(H,53,54)(H,55,63,64)/t29-,39?,51+/m0/s1. The maximum absolute atomic E-state index is 14.0. The predicted molar refractivity (Wildman–Crippen MR) is 254 cm³/mol. The van der Waals surface area contributed by atoms with Crippen molar-refractivity contribution in [1.82, 2.24) is 29.3 Å². The summed E-state index contributed by atoms with van der Waals surface area (Å²) in [4.78, 5) is 95.3. The molecule has 350 valence electrons. The molecule has 17 nitrogen and oxygen atoms in total. The van der Waals surface area contributed by atoms with E-state index < -0.39 is 29.7 Å². The van der Waals surface area contributed by atoms with Crippen LogP contribution in [-0.4, -0.2) is 96.9 Å². The molecule has 1 spiro atoms. The number of aliphatic hydroxyl groups is 1. The van der Waals surface area contributed by atoms with Gasteiger partial charge in [-0.3, -0.25) is 43.9 Å². The highest BCUT2D eigenvalue weighted by atomic mass is 16.3. The second kappa shape index (κ2) is 16.0. The molecule has 3 N–H and O–H groups in total. The van der Waals surface area contributed by atoms with Crippen LogP contribution < -0.4 is 30.9 Å². The van der Waals surface area contributed by atoms with E-state index in [0.29, 0.717) is 52.8 Å². The summed E-state index contributed by atoms with van der Waals surface area (Å²) in [5.41, 5.74) is 7.65. The van der Waals surface area contributed by atoms with E-state index in [0.717, 1.165) is 68.0 Å². The zero-order chi connectivity index (χ0) is 47.4. The van der Waals surface area contributed by atoms with Gasteiger partial charge in [-0.05, 0) is 116 Å². The van der Waals surface area contributed by atoms with Gasteiger partial charge in [0.25, 0.3) is 23.3 Å². The molecule has 4 aromatic heterocycles. The molecule has 1 aromatic carbocycles. The van der Waals surface area contributed by atoms with Crippen molar-refractivity contribution in [2.45, 2.75) is 91.0 Å². The summed E-state index contributed by atoms with van der Waals surface area (Å²) in [6.45, 7) is 9.89. The number of aromatic nitrogens is 4. The summed E-state index contributed by atoms with van der Waals surface area (Å²) < 4.78 is 3.65. The van der Waals surface area contributed by atoms with Gasteiger partial charge in [0.05, 0.1) is 29.6 Å². The topological polar surface area (TPSA) is 195 Å². The van der Waals surface area contributed by atoms with Crippen molar-refractivity contribution >= 4 is 58.2 Å². The van der Waals surface area contributed by atoms with Crippen LogP contribution in [0.4, 0.5) is 28.7 Å². The average Bonchev–Trinajstić information content (AvgIpc) is 4.03. The lowest BCUT2D eigenvalue weighted by molar-refractivity contribution is -0.136. The molecular weight excluding hydrogens is 865 g/mol. The van der Waals surface area contributed by atoms with Crippen LogP contribution in [0.5, 0.6) is 0 Å². The number of hydrogen-bond acceptors (Lipinski definition) is 12. The Hall–Kier alpha value is -7.14. The largest absolute Gasteiger partial charge is 0.392 e. The maximum atomic E-state index is 14.0. The first-order valence-corrected chi connectivity index (χ1v) is 23.5. The number of imide groups is 2. The van der Waals surface area contributed by atoms with E-state index >= 15 is 0 Å². The minimum absolute atomic E-state index is 0.0617. The van der Waals surface area contributed by atoms with Crippen LogP contribution in [0.2, 0.25) is 0 Å². The molecule has 3 fully saturated rings. The van der Waals surface area contributed by atoms with Gasteiger partial charge in [0.15, 0.2) is 0 Å². The molecule has 9 heterocycles. The third kappa shape index (κ3) is 7.16. The summed E-state index contributed by atoms with van der Waals surface area (Å²) in [6.07, 6.45) is 10.1. The second-order valence-corrected chi connectivity index (χ2v) is 20.4. The normalized spacial score (nSPS) is 23.1. The van der Waals surface area contributed by atoms with Gasteiger partial charge in [0.2, 0.25) is 11.8 Å². The molecule has 0 saturated carbocycles. The number of aliphatic hydroxyl groups excluding tert-OH is 1. The molecule has 1 aliphatic carbocycles. The second-order valence-electron chi connectivity index (χ2n) is 20.4. The van der Waals surface area contributed by atoms with Gasteiger partial charge in [-0.2, -0.15) is 0 Å². The highest BCUT2D eigenvalue weighted by Crippen LogP contribution is 2.46. The third-order valence-electron chi connectivity index (χ3n) is 15.3. The maximum Gasteiger partial charge on any atom is 0.276 e. The number of carbonyl (C=O) groups is 5. The predicted octanol–water partition coefficient (Wildman–Crippen LogP) is 4.95. The monoisotopic (exact) mass is 918 g/mol. The number of benzene rings is 1. The molecule has 0 bridgehead atoms. The first kappa shape index (κ1) is 43.4. The van der Waals surface area contributed by atoms with Crippen molar-refractivity contribution in [2.75, 3.05) is 46.2 Å². The minimum atomic E-state index is -1.00. The molecular formula is C51H54N10O7. The van der Waals surface area contributed by atoms with E-state index in [1.54, 1.807) is 48.6 Å². The van der Waals surface area contributed by atoms with Crippen LogP contribution in [0, 0.1) is 10.8 Å². The molecule has 6 aliphatic rings. The van der Waals surface area contributed by atoms with Crippen LogP contribution in [-0.2, 0) is 42.6 Å². The number of carbonyl (C=O) groups excluding carboxylic acids is 5. The van der Waals surface area contributed by atoms with Crippen molar-refractivity contribution in [3.05, 3.63) is 111 Å². The van der Waals surface area contributed by atoms with Gasteiger partial charge in [-0.25, -0.2) is 9.97 Å². The lowest BCUT2D eigenvalue weighted by Gasteiger charge is -2.45. The third-order valence-corrected chi connectivity index (χ3v) is 15.3. The highest BCUT2D eigenvalue weighted by molar-refractivity contribution is 6.23. The van der Waals surface area contributed by atoms with Gasteiger partial charge in [-0.15, -0.1) is 0 Å². The average molecular weight is 919 g/mol. The van der Waals surface area contributed by atoms with Crippen molar-refractivity contribution in [1.29, 1.82) is 0 Å². The lowest BCUT2D eigenvalue weighted by atomic mass is 9.75. The summed E-state index contributed by atoms with van der Waals surface area (Å²) in [5.74, 6) is -1.28. The van der Waals surface area contributed by atoms with Crippen LogP contribution in [0.1, 0.15) is 101 Å². The molecule has 3 atom stereocenters. The van der Waals surface area contributed by atoms with E-state index in [2.05, 4.69) is 50.8 Å². The van der Waals surface area contributed by atoms with Crippen molar-refractivity contribution in [3.8, 4) is 11.1 Å². The Bertz CT molecular complexity index is 3050. The van der Waals surface area contributed by atoms with E-state index in [1.807, 2.05) is 30.5 Å². The van der Waals surface area contributed by atoms with Gasteiger partial charge >= 0.3 is 0 Å². The number of piperidine rings is 2. The molecule has 0 radical (unpaired) electrons. The Morgan fingerprint density at radius 1 is 0.853 bits per heavy atom. The zero-order valence-electron chi connectivity index (χ0n) is 38.7. The molecule has 5 amide bonds. The van der Waals surface area contributed by atoms with Crippen LogP contribution in [0.25, 0.3) is 11.1 Å². The number of nitrogens with one attached hydrogen (secondary N) is 2. The van der Waals surface area contributed by atoms with Crippen molar-refractivity contribution < 1.29 is 29.1 Å². The van der Waals surface area contributed by atoms with Gasteiger partial charge in [0, 0.05) is 87.1 Å². The molecule has 68 heavy (non-hydrogen) atoms. The summed E-state index contributed by atoms with van der Waals surface area (Å²) in [7, 11) is 1.68. The molecule has 1 unspecified atom stereocenters. The lowest BCUT2D eigenvalue weighted by Crippen LogP contribution is -2.54. The SMILES string of the molecule is C[C@H]1C[C@@]2(CCN(c3ccc4c(c3)C(=O)N(C3CCC(=O)NC3=O)C4=O)C2)CCN1c1ccc(Nc2cc(-c3ccnc(N4CCn5c(cc6c5CC(C)(C)C6)C4=O)c3CO)cn(C)c2=O)nc1. The van der Waals surface area contributed by atoms with E-state index in [4.69, 9.17) is 4.98 Å².